The van der Waals surface area contributed by atoms with Crippen molar-refractivity contribution >= 4 is 21.9 Å². The van der Waals surface area contributed by atoms with E-state index in [1.54, 1.807) is 0 Å². The Balaban J connectivity index is 1.62. The molecule has 0 saturated heterocycles. The minimum atomic E-state index is 0.276. The molecule has 0 atom stereocenters. The summed E-state index contributed by atoms with van der Waals surface area (Å²) in [5.41, 5.74) is 9.59. The molecule has 3 heterocycles. The highest BCUT2D eigenvalue weighted by atomic mass is 16.3. The summed E-state index contributed by atoms with van der Waals surface area (Å²) in [4.78, 5) is 9.69. The first-order valence-corrected chi connectivity index (χ1v) is 11.7. The molecule has 6 aromatic rings. The minimum Gasteiger partial charge on any atom is -0.507 e. The molecule has 0 aliphatic rings. The molecule has 0 radical (unpaired) electrons. The molecular weight excluding hydrogens is 430 g/mol. The largest absolute Gasteiger partial charge is 0.507 e. The van der Waals surface area contributed by atoms with Crippen molar-refractivity contribution in [3.63, 3.8) is 0 Å². The molecule has 0 amide bonds. The highest BCUT2D eigenvalue weighted by molar-refractivity contribution is 6.08. The summed E-state index contributed by atoms with van der Waals surface area (Å²) in [6, 6.07) is 29.0. The Morgan fingerprint density at radius 1 is 0.714 bits per heavy atom. The van der Waals surface area contributed by atoms with Crippen molar-refractivity contribution in [2.75, 3.05) is 0 Å². The fraction of sp³-hybridized carbons (Fsp3) is 0.0968. The van der Waals surface area contributed by atoms with Crippen molar-refractivity contribution in [3.05, 3.63) is 108 Å². The van der Waals surface area contributed by atoms with Crippen LogP contribution in [-0.4, -0.2) is 19.6 Å². The van der Waals surface area contributed by atoms with Gasteiger partial charge in [-0.1, -0.05) is 36.4 Å². The van der Waals surface area contributed by atoms with Crippen LogP contribution in [0.2, 0.25) is 0 Å². The summed E-state index contributed by atoms with van der Waals surface area (Å²) < 4.78 is 2.20. The van der Waals surface area contributed by atoms with Crippen LogP contribution in [0.5, 0.6) is 5.75 Å². The van der Waals surface area contributed by atoms with Crippen LogP contribution < -0.4 is 0 Å². The van der Waals surface area contributed by atoms with Gasteiger partial charge in [0.15, 0.2) is 0 Å². The standard InChI is InChI=1S/C31H25N3O/c1-19-13-14-32-28(17-19)22-7-6-8-23(18-22)34-29-10-5-4-9-24(29)25-11-12-27(33-31(25)34)26-16-20(2)15-21(3)30(26)35/h4-18,35H,1-3H3. The van der Waals surface area contributed by atoms with E-state index in [9.17, 15) is 5.11 Å². The highest BCUT2D eigenvalue weighted by Crippen LogP contribution is 2.36. The van der Waals surface area contributed by atoms with Gasteiger partial charge in [0.1, 0.15) is 11.4 Å². The van der Waals surface area contributed by atoms with Gasteiger partial charge in [-0.05, 0) is 86.0 Å². The summed E-state index contributed by atoms with van der Waals surface area (Å²) in [5.74, 6) is 0.276. The molecule has 0 saturated carbocycles. The SMILES string of the molecule is Cc1ccnc(-c2cccc(-n3c4ccccc4c4ccc(-c5cc(C)cc(C)c5O)nc43)c2)c1. The molecule has 170 valence electrons. The summed E-state index contributed by atoms with van der Waals surface area (Å²) in [6.45, 7) is 6.04. The number of rotatable bonds is 3. The first kappa shape index (κ1) is 21.1. The van der Waals surface area contributed by atoms with E-state index in [1.807, 2.05) is 44.3 Å². The van der Waals surface area contributed by atoms with Gasteiger partial charge in [-0.25, -0.2) is 4.98 Å². The quantitative estimate of drug-likeness (QED) is 0.300. The average molecular weight is 456 g/mol. The minimum absolute atomic E-state index is 0.276. The van der Waals surface area contributed by atoms with Crippen LogP contribution in [0.3, 0.4) is 0 Å². The van der Waals surface area contributed by atoms with Crippen LogP contribution in [-0.2, 0) is 0 Å². The number of aromatic nitrogens is 3. The Morgan fingerprint density at radius 2 is 1.57 bits per heavy atom. The molecule has 0 aliphatic carbocycles. The lowest BCUT2D eigenvalue weighted by molar-refractivity contribution is 0.473. The second-order valence-corrected chi connectivity index (χ2v) is 9.17. The van der Waals surface area contributed by atoms with Crippen LogP contribution >= 0.6 is 0 Å². The van der Waals surface area contributed by atoms with E-state index < -0.39 is 0 Å². The Hall–Kier alpha value is -4.44. The number of pyridine rings is 2. The topological polar surface area (TPSA) is 50.9 Å². The molecule has 35 heavy (non-hydrogen) atoms. The highest BCUT2D eigenvalue weighted by Gasteiger charge is 2.17. The molecule has 0 spiro atoms. The van der Waals surface area contributed by atoms with E-state index in [2.05, 4.69) is 77.1 Å². The zero-order valence-corrected chi connectivity index (χ0v) is 19.9. The molecule has 0 aliphatic heterocycles. The predicted octanol–water partition coefficient (Wildman–Crippen LogP) is 7.54. The lowest BCUT2D eigenvalue weighted by Crippen LogP contribution is -1.97. The fourth-order valence-electron chi connectivity index (χ4n) is 4.90. The van der Waals surface area contributed by atoms with Gasteiger partial charge in [0, 0.05) is 33.8 Å². The van der Waals surface area contributed by atoms with Gasteiger partial charge in [0.05, 0.1) is 16.9 Å². The Morgan fingerprint density at radius 3 is 2.43 bits per heavy atom. The number of benzene rings is 3. The molecular formula is C31H25N3O. The van der Waals surface area contributed by atoms with Crippen molar-refractivity contribution in [1.82, 2.24) is 14.5 Å². The lowest BCUT2D eigenvalue weighted by Gasteiger charge is -2.12. The number of nitrogens with zero attached hydrogens (tertiary/aromatic N) is 3. The molecule has 3 aromatic carbocycles. The van der Waals surface area contributed by atoms with Crippen LogP contribution in [0.25, 0.3) is 50.1 Å². The number of aromatic hydroxyl groups is 1. The fourth-order valence-corrected chi connectivity index (χ4v) is 4.90. The monoisotopic (exact) mass is 455 g/mol. The maximum Gasteiger partial charge on any atom is 0.146 e. The Labute approximate surface area is 204 Å². The van der Waals surface area contributed by atoms with Gasteiger partial charge >= 0.3 is 0 Å². The van der Waals surface area contributed by atoms with E-state index in [0.717, 1.165) is 61.3 Å². The van der Waals surface area contributed by atoms with Crippen molar-refractivity contribution in [1.29, 1.82) is 0 Å². The number of para-hydroxylation sites is 1. The number of phenolic OH excluding ortho intramolecular Hbond substituents is 1. The molecule has 4 heteroatoms. The summed E-state index contributed by atoms with van der Waals surface area (Å²) in [6.07, 6.45) is 1.85. The van der Waals surface area contributed by atoms with Gasteiger partial charge in [0.2, 0.25) is 0 Å². The molecule has 3 aromatic heterocycles. The van der Waals surface area contributed by atoms with E-state index in [1.165, 1.54) is 5.56 Å². The smallest absolute Gasteiger partial charge is 0.146 e. The molecule has 0 fully saturated rings. The van der Waals surface area contributed by atoms with Crippen LogP contribution in [0.1, 0.15) is 16.7 Å². The van der Waals surface area contributed by atoms with E-state index in [0.29, 0.717) is 0 Å². The zero-order valence-electron chi connectivity index (χ0n) is 19.9. The van der Waals surface area contributed by atoms with Gasteiger partial charge in [-0.15, -0.1) is 0 Å². The number of phenols is 1. The third kappa shape index (κ3) is 3.55. The van der Waals surface area contributed by atoms with E-state index >= 15 is 0 Å². The van der Waals surface area contributed by atoms with Crippen molar-refractivity contribution < 1.29 is 5.11 Å². The predicted molar refractivity (Wildman–Crippen MR) is 143 cm³/mol. The van der Waals surface area contributed by atoms with Gasteiger partial charge in [-0.2, -0.15) is 0 Å². The first-order chi connectivity index (χ1) is 17.0. The molecule has 0 unspecified atom stereocenters. The third-order valence-corrected chi connectivity index (χ3v) is 6.56. The second kappa shape index (κ2) is 8.10. The van der Waals surface area contributed by atoms with Gasteiger partial charge in [0.25, 0.3) is 0 Å². The number of fused-ring (bicyclic) bond motifs is 3. The van der Waals surface area contributed by atoms with E-state index in [-0.39, 0.29) is 5.75 Å². The second-order valence-electron chi connectivity index (χ2n) is 9.17. The molecule has 0 bridgehead atoms. The molecule has 4 nitrogen and oxygen atoms in total. The number of hydrogen-bond donors (Lipinski definition) is 1. The maximum absolute atomic E-state index is 10.8. The van der Waals surface area contributed by atoms with Crippen molar-refractivity contribution in [2.45, 2.75) is 20.8 Å². The molecule has 6 rings (SSSR count). The van der Waals surface area contributed by atoms with Crippen molar-refractivity contribution in [3.8, 4) is 34.0 Å². The molecule has 1 N–H and O–H groups in total. The Bertz CT molecular complexity index is 1750. The number of hydrogen-bond acceptors (Lipinski definition) is 3. The summed E-state index contributed by atoms with van der Waals surface area (Å²) >= 11 is 0. The van der Waals surface area contributed by atoms with Gasteiger partial charge in [-0.3, -0.25) is 9.55 Å². The van der Waals surface area contributed by atoms with Crippen LogP contribution in [0.4, 0.5) is 0 Å². The maximum atomic E-state index is 10.8. The van der Waals surface area contributed by atoms with E-state index in [4.69, 9.17) is 4.98 Å². The Kier molecular flexibility index (Phi) is 4.89. The normalized spacial score (nSPS) is 11.4. The summed E-state index contributed by atoms with van der Waals surface area (Å²) in [7, 11) is 0. The third-order valence-electron chi connectivity index (χ3n) is 6.56. The van der Waals surface area contributed by atoms with Crippen LogP contribution in [0, 0.1) is 20.8 Å². The van der Waals surface area contributed by atoms with Crippen molar-refractivity contribution in [2.24, 2.45) is 0 Å². The van der Waals surface area contributed by atoms with Crippen LogP contribution in [0.15, 0.2) is 91.1 Å². The lowest BCUT2D eigenvalue weighted by atomic mass is 10.0. The first-order valence-electron chi connectivity index (χ1n) is 11.7. The zero-order chi connectivity index (χ0) is 24.1. The summed E-state index contributed by atoms with van der Waals surface area (Å²) in [5, 5.41) is 13.0. The number of aryl methyl sites for hydroxylation is 3. The van der Waals surface area contributed by atoms with Gasteiger partial charge < -0.3 is 5.11 Å². The average Bonchev–Trinajstić information content (AvgIpc) is 3.20.